The molecule has 2 aromatic rings. The molecule has 1 heterocycles. The van der Waals surface area contributed by atoms with E-state index in [-0.39, 0.29) is 11.5 Å². The minimum absolute atomic E-state index is 0.0290. The fourth-order valence-corrected chi connectivity index (χ4v) is 2.05. The van der Waals surface area contributed by atoms with E-state index in [1.807, 2.05) is 0 Å². The predicted octanol–water partition coefficient (Wildman–Crippen LogP) is 2.84. The standard InChI is InChI=1S/C12H10BrFN4O/c13-7-3-4-8(14)9(5-7)15-12(19)11-16-10(17-18-11)6-1-2-6/h3-6H,1-2H2,(H,15,19)(H,16,17,18). The molecule has 0 aliphatic heterocycles. The maximum Gasteiger partial charge on any atom is 0.295 e. The summed E-state index contributed by atoms with van der Waals surface area (Å²) in [7, 11) is 0. The number of H-pyrrole nitrogens is 1. The number of aromatic amines is 1. The third-order valence-electron chi connectivity index (χ3n) is 2.85. The Kier molecular flexibility index (Phi) is 3.06. The zero-order valence-electron chi connectivity index (χ0n) is 9.78. The van der Waals surface area contributed by atoms with Gasteiger partial charge < -0.3 is 5.32 Å². The van der Waals surface area contributed by atoms with Crippen LogP contribution in [0.4, 0.5) is 10.1 Å². The molecule has 1 aliphatic rings. The molecule has 1 amide bonds. The van der Waals surface area contributed by atoms with Crippen molar-refractivity contribution >= 4 is 27.5 Å². The highest BCUT2D eigenvalue weighted by Crippen LogP contribution is 2.37. The molecule has 1 aromatic carbocycles. The molecule has 1 fully saturated rings. The van der Waals surface area contributed by atoms with Crippen molar-refractivity contribution in [2.75, 3.05) is 5.32 Å². The third-order valence-corrected chi connectivity index (χ3v) is 3.34. The summed E-state index contributed by atoms with van der Waals surface area (Å²) in [6, 6.07) is 4.32. The van der Waals surface area contributed by atoms with Gasteiger partial charge >= 0.3 is 0 Å². The number of carbonyl (C=O) groups is 1. The Labute approximate surface area is 116 Å². The van der Waals surface area contributed by atoms with Crippen molar-refractivity contribution in [1.82, 2.24) is 15.2 Å². The average molecular weight is 325 g/mol. The van der Waals surface area contributed by atoms with Gasteiger partial charge in [0, 0.05) is 10.4 Å². The summed E-state index contributed by atoms with van der Waals surface area (Å²) in [5.41, 5.74) is 0.0946. The third kappa shape index (κ3) is 2.65. The van der Waals surface area contributed by atoms with E-state index in [9.17, 15) is 9.18 Å². The SMILES string of the molecule is O=C(Nc1cc(Br)ccc1F)c1n[nH]c(C2CC2)n1. The van der Waals surface area contributed by atoms with Crippen molar-refractivity contribution in [3.8, 4) is 0 Å². The first-order valence-electron chi connectivity index (χ1n) is 5.82. The Balaban J connectivity index is 1.77. The molecule has 7 heteroatoms. The monoisotopic (exact) mass is 324 g/mol. The minimum Gasteiger partial charge on any atom is -0.317 e. The molecule has 1 aromatic heterocycles. The van der Waals surface area contributed by atoms with Gasteiger partial charge in [-0.3, -0.25) is 9.89 Å². The van der Waals surface area contributed by atoms with Crippen LogP contribution in [-0.2, 0) is 0 Å². The first-order chi connectivity index (χ1) is 9.13. The number of amides is 1. The van der Waals surface area contributed by atoms with Crippen molar-refractivity contribution in [3.05, 3.63) is 40.1 Å². The largest absolute Gasteiger partial charge is 0.317 e. The lowest BCUT2D eigenvalue weighted by Crippen LogP contribution is -2.14. The molecular formula is C12H10BrFN4O. The minimum atomic E-state index is -0.528. The Morgan fingerprint density at radius 2 is 2.26 bits per heavy atom. The quantitative estimate of drug-likeness (QED) is 0.912. The van der Waals surface area contributed by atoms with Gasteiger partial charge in [0.15, 0.2) is 0 Å². The van der Waals surface area contributed by atoms with Crippen LogP contribution in [0.25, 0.3) is 0 Å². The maximum atomic E-state index is 13.5. The maximum absolute atomic E-state index is 13.5. The van der Waals surface area contributed by atoms with Gasteiger partial charge in [-0.1, -0.05) is 15.9 Å². The molecule has 1 saturated carbocycles. The fraction of sp³-hybridized carbons (Fsp3) is 0.250. The highest BCUT2D eigenvalue weighted by atomic mass is 79.9. The lowest BCUT2D eigenvalue weighted by Gasteiger charge is -2.04. The number of anilines is 1. The second kappa shape index (κ2) is 4.73. The zero-order valence-corrected chi connectivity index (χ0v) is 11.4. The van der Waals surface area contributed by atoms with E-state index in [4.69, 9.17) is 0 Å². The fourth-order valence-electron chi connectivity index (χ4n) is 1.69. The average Bonchev–Trinajstić information content (AvgIpc) is 3.11. The van der Waals surface area contributed by atoms with E-state index in [2.05, 4.69) is 36.4 Å². The van der Waals surface area contributed by atoms with Gasteiger partial charge in [-0.15, -0.1) is 5.10 Å². The molecule has 0 saturated heterocycles. The molecule has 0 bridgehead atoms. The van der Waals surface area contributed by atoms with Crippen molar-refractivity contribution < 1.29 is 9.18 Å². The Hall–Kier alpha value is -1.76. The van der Waals surface area contributed by atoms with E-state index in [1.54, 1.807) is 6.07 Å². The van der Waals surface area contributed by atoms with Crippen molar-refractivity contribution in [2.24, 2.45) is 0 Å². The van der Waals surface area contributed by atoms with Crippen LogP contribution in [0.3, 0.4) is 0 Å². The molecule has 0 unspecified atom stereocenters. The van der Waals surface area contributed by atoms with Gasteiger partial charge in [-0.2, -0.15) is 0 Å². The van der Waals surface area contributed by atoms with Crippen LogP contribution in [0.15, 0.2) is 22.7 Å². The summed E-state index contributed by atoms with van der Waals surface area (Å²) in [6.07, 6.45) is 2.13. The number of hydrogen-bond acceptors (Lipinski definition) is 3. The second-order valence-electron chi connectivity index (χ2n) is 4.40. The summed E-state index contributed by atoms with van der Waals surface area (Å²) in [5, 5.41) is 9.03. The normalized spacial score (nSPS) is 14.4. The molecule has 0 radical (unpaired) electrons. The smallest absolute Gasteiger partial charge is 0.295 e. The number of benzene rings is 1. The van der Waals surface area contributed by atoms with Gasteiger partial charge in [-0.25, -0.2) is 9.37 Å². The number of halogens is 2. The molecule has 3 rings (SSSR count). The molecule has 0 spiro atoms. The van der Waals surface area contributed by atoms with Gasteiger partial charge in [0.05, 0.1) is 5.69 Å². The number of nitrogens with one attached hydrogen (secondary N) is 2. The molecule has 5 nitrogen and oxygen atoms in total. The molecule has 2 N–H and O–H groups in total. The summed E-state index contributed by atoms with van der Waals surface area (Å²) in [4.78, 5) is 16.0. The highest BCUT2D eigenvalue weighted by Gasteiger charge is 2.28. The van der Waals surface area contributed by atoms with Crippen LogP contribution in [-0.4, -0.2) is 21.1 Å². The molecule has 98 valence electrons. The van der Waals surface area contributed by atoms with Crippen LogP contribution in [0.2, 0.25) is 0 Å². The molecule has 1 aliphatic carbocycles. The Morgan fingerprint density at radius 3 is 3.00 bits per heavy atom. The van der Waals surface area contributed by atoms with E-state index in [1.165, 1.54) is 12.1 Å². The molecular weight excluding hydrogens is 315 g/mol. The lowest BCUT2D eigenvalue weighted by molar-refractivity contribution is 0.101. The number of aromatic nitrogens is 3. The first kappa shape index (κ1) is 12.3. The summed E-state index contributed by atoms with van der Waals surface area (Å²) < 4.78 is 14.2. The number of rotatable bonds is 3. The van der Waals surface area contributed by atoms with Crippen LogP contribution in [0.5, 0.6) is 0 Å². The van der Waals surface area contributed by atoms with Crippen LogP contribution in [0, 0.1) is 5.82 Å². The topological polar surface area (TPSA) is 70.7 Å². The van der Waals surface area contributed by atoms with Crippen LogP contribution < -0.4 is 5.32 Å². The van der Waals surface area contributed by atoms with Crippen LogP contribution >= 0.6 is 15.9 Å². The van der Waals surface area contributed by atoms with Crippen molar-refractivity contribution in [3.63, 3.8) is 0 Å². The Morgan fingerprint density at radius 1 is 1.47 bits per heavy atom. The first-order valence-corrected chi connectivity index (χ1v) is 6.61. The van der Waals surface area contributed by atoms with E-state index in [0.29, 0.717) is 10.4 Å². The van der Waals surface area contributed by atoms with Crippen molar-refractivity contribution in [2.45, 2.75) is 18.8 Å². The Bertz CT molecular complexity index is 638. The number of carbonyl (C=O) groups excluding carboxylic acids is 1. The summed E-state index contributed by atoms with van der Waals surface area (Å²) in [6.45, 7) is 0. The number of hydrogen-bond donors (Lipinski definition) is 2. The van der Waals surface area contributed by atoms with Crippen LogP contribution in [0.1, 0.15) is 35.2 Å². The van der Waals surface area contributed by atoms with Gasteiger partial charge in [-0.05, 0) is 31.0 Å². The predicted molar refractivity (Wildman–Crippen MR) is 70.4 cm³/mol. The van der Waals surface area contributed by atoms with Gasteiger partial charge in [0.2, 0.25) is 5.82 Å². The van der Waals surface area contributed by atoms with E-state index in [0.717, 1.165) is 18.7 Å². The molecule has 19 heavy (non-hydrogen) atoms. The van der Waals surface area contributed by atoms with Crippen molar-refractivity contribution in [1.29, 1.82) is 0 Å². The molecule has 0 atom stereocenters. The zero-order chi connectivity index (χ0) is 13.4. The van der Waals surface area contributed by atoms with E-state index >= 15 is 0 Å². The highest BCUT2D eigenvalue weighted by molar-refractivity contribution is 9.10. The van der Waals surface area contributed by atoms with Gasteiger partial charge in [0.25, 0.3) is 5.91 Å². The van der Waals surface area contributed by atoms with Gasteiger partial charge in [0.1, 0.15) is 11.6 Å². The van der Waals surface area contributed by atoms with E-state index < -0.39 is 11.7 Å². The lowest BCUT2D eigenvalue weighted by atomic mass is 10.3. The number of nitrogens with zero attached hydrogens (tertiary/aromatic N) is 2. The summed E-state index contributed by atoms with van der Waals surface area (Å²) in [5.74, 6) is 0.104. The second-order valence-corrected chi connectivity index (χ2v) is 5.31. The summed E-state index contributed by atoms with van der Waals surface area (Å²) >= 11 is 3.22.